The van der Waals surface area contributed by atoms with E-state index < -0.39 is 0 Å². The third kappa shape index (κ3) is 3.17. The van der Waals surface area contributed by atoms with Gasteiger partial charge in [0.1, 0.15) is 12.1 Å². The van der Waals surface area contributed by atoms with Gasteiger partial charge in [0.05, 0.1) is 18.4 Å². The lowest BCUT2D eigenvalue weighted by molar-refractivity contribution is -0.131. The molecule has 8 atom stereocenters. The van der Waals surface area contributed by atoms with Crippen LogP contribution in [0.4, 0.5) is 4.39 Å². The molecule has 2 aromatic heterocycles. The van der Waals surface area contributed by atoms with E-state index in [1.54, 1.807) is 12.4 Å². The number of pyridine rings is 1. The van der Waals surface area contributed by atoms with Crippen molar-refractivity contribution in [2.24, 2.45) is 46.8 Å². The van der Waals surface area contributed by atoms with Gasteiger partial charge in [0.2, 0.25) is 0 Å². The molecule has 2 aromatic rings. The Hall–Kier alpha value is -1.78. The molecule has 5 heteroatoms. The Morgan fingerprint density at radius 3 is 2.88 bits per heavy atom. The van der Waals surface area contributed by atoms with Gasteiger partial charge < -0.3 is 0 Å². The monoisotopic (exact) mass is 437 g/mol. The molecule has 0 N–H and O–H groups in total. The van der Waals surface area contributed by atoms with Crippen LogP contribution >= 0.6 is 0 Å². The van der Waals surface area contributed by atoms with Gasteiger partial charge >= 0.3 is 0 Å². The molecular formula is C27H36FN3O. The van der Waals surface area contributed by atoms with Crippen LogP contribution in [0.1, 0.15) is 64.7 Å². The Morgan fingerprint density at radius 1 is 1.12 bits per heavy atom. The highest BCUT2D eigenvalue weighted by atomic mass is 19.1. The Morgan fingerprint density at radius 2 is 2.00 bits per heavy atom. The number of fused-ring (bicyclic) bond motifs is 6. The first kappa shape index (κ1) is 20.8. The molecule has 0 aliphatic heterocycles. The van der Waals surface area contributed by atoms with E-state index in [-0.39, 0.29) is 18.0 Å². The fourth-order valence-corrected chi connectivity index (χ4v) is 8.92. The van der Waals surface area contributed by atoms with Crippen molar-refractivity contribution in [2.45, 2.75) is 71.3 Å². The number of Topliss-reactive ketones (excluding diaryl/α,β-unsaturated/α-hetero) is 1. The lowest BCUT2D eigenvalue weighted by Crippen LogP contribution is -2.49. The summed E-state index contributed by atoms with van der Waals surface area (Å²) < 4.78 is 15.1. The van der Waals surface area contributed by atoms with E-state index in [9.17, 15) is 9.18 Å². The number of alkyl halides is 1. The maximum atomic E-state index is 13.6. The molecule has 8 unspecified atom stereocenters. The first-order chi connectivity index (χ1) is 15.6. The molecule has 0 aromatic carbocycles. The summed E-state index contributed by atoms with van der Waals surface area (Å²) in [5.74, 6) is 4.71. The van der Waals surface area contributed by atoms with Crippen molar-refractivity contribution in [2.75, 3.05) is 6.67 Å². The van der Waals surface area contributed by atoms with Gasteiger partial charge in [-0.05, 0) is 111 Å². The molecule has 32 heavy (non-hydrogen) atoms. The molecule has 4 aliphatic rings. The summed E-state index contributed by atoms with van der Waals surface area (Å²) in [5.41, 5.74) is 1.95. The average Bonchev–Trinajstić information content (AvgIpc) is 3.39. The maximum Gasteiger partial charge on any atom is 0.157 e. The summed E-state index contributed by atoms with van der Waals surface area (Å²) >= 11 is 0. The van der Waals surface area contributed by atoms with Crippen LogP contribution in [0.3, 0.4) is 0 Å². The van der Waals surface area contributed by atoms with Gasteiger partial charge in [-0.15, -0.1) is 0 Å². The Balaban J connectivity index is 1.19. The van der Waals surface area contributed by atoms with E-state index in [2.05, 4.69) is 17.0 Å². The number of carbonyl (C=O) groups excluding carboxylic acids is 1. The predicted octanol–water partition coefficient (Wildman–Crippen LogP) is 5.85. The molecular weight excluding hydrogens is 401 g/mol. The number of aromatic nitrogens is 3. The molecule has 2 heterocycles. The summed E-state index contributed by atoms with van der Waals surface area (Å²) in [5, 5.41) is 4.46. The van der Waals surface area contributed by atoms with Gasteiger partial charge in [0, 0.05) is 12.1 Å². The van der Waals surface area contributed by atoms with Crippen molar-refractivity contribution in [3.8, 4) is 0 Å². The number of hydrogen-bond donors (Lipinski definition) is 0. The maximum absolute atomic E-state index is 13.6. The fraction of sp³-hybridized carbons (Fsp3) is 0.741. The van der Waals surface area contributed by atoms with E-state index in [4.69, 9.17) is 0 Å². The number of rotatable bonds is 4. The summed E-state index contributed by atoms with van der Waals surface area (Å²) in [6.45, 7) is 2.67. The van der Waals surface area contributed by atoms with Crippen LogP contribution in [-0.2, 0) is 11.3 Å². The van der Waals surface area contributed by atoms with Crippen molar-refractivity contribution in [1.29, 1.82) is 0 Å². The smallest absolute Gasteiger partial charge is 0.157 e. The van der Waals surface area contributed by atoms with E-state index in [1.165, 1.54) is 38.5 Å². The first-order valence-corrected chi connectivity index (χ1v) is 12.9. The number of hydrogen-bond acceptors (Lipinski definition) is 3. The second-order valence-electron chi connectivity index (χ2n) is 11.6. The topological polar surface area (TPSA) is 47.8 Å². The van der Waals surface area contributed by atoms with E-state index in [1.807, 2.05) is 16.8 Å². The van der Waals surface area contributed by atoms with Crippen molar-refractivity contribution in [3.63, 3.8) is 0 Å². The van der Waals surface area contributed by atoms with E-state index in [0.717, 1.165) is 54.0 Å². The minimum Gasteiger partial charge on any atom is -0.297 e. The molecule has 4 aliphatic carbocycles. The highest BCUT2D eigenvalue weighted by molar-refractivity contribution is 5.84. The quantitative estimate of drug-likeness (QED) is 0.602. The van der Waals surface area contributed by atoms with Crippen molar-refractivity contribution < 1.29 is 9.18 Å². The normalized spacial score (nSPS) is 41.1. The zero-order chi connectivity index (χ0) is 21.9. The van der Waals surface area contributed by atoms with Crippen LogP contribution in [-0.4, -0.2) is 27.2 Å². The fourth-order valence-electron chi connectivity index (χ4n) is 8.92. The van der Waals surface area contributed by atoms with Crippen LogP contribution in [0.15, 0.2) is 24.5 Å². The number of nitrogens with zero attached hydrogens (tertiary/aromatic N) is 3. The lowest BCUT2D eigenvalue weighted by Gasteiger charge is -2.56. The summed E-state index contributed by atoms with van der Waals surface area (Å²) in [6.07, 6.45) is 14.3. The van der Waals surface area contributed by atoms with Crippen LogP contribution in [0.25, 0.3) is 11.0 Å². The van der Waals surface area contributed by atoms with Gasteiger partial charge in [0.25, 0.3) is 0 Å². The van der Waals surface area contributed by atoms with Gasteiger partial charge in [-0.3, -0.25) is 18.9 Å². The molecule has 172 valence electrons. The minimum atomic E-state index is -0.122. The van der Waals surface area contributed by atoms with Crippen LogP contribution in [0.5, 0.6) is 0 Å². The third-order valence-electron chi connectivity index (χ3n) is 10.4. The van der Waals surface area contributed by atoms with Crippen LogP contribution in [0.2, 0.25) is 0 Å². The molecule has 0 saturated heterocycles. The van der Waals surface area contributed by atoms with Gasteiger partial charge in [0.15, 0.2) is 5.78 Å². The number of carbonyl (C=O) groups is 1. The first-order valence-electron chi connectivity index (χ1n) is 12.9. The van der Waals surface area contributed by atoms with Crippen LogP contribution in [0, 0.1) is 46.8 Å². The number of halogens is 1. The molecule has 6 rings (SSSR count). The highest BCUT2D eigenvalue weighted by Crippen LogP contribution is 2.64. The Bertz CT molecular complexity index is 1000. The van der Waals surface area contributed by atoms with Crippen molar-refractivity contribution in [3.05, 3.63) is 24.5 Å². The SMILES string of the molecule is CC12CCC3C4CCC(CF)CC4CCC3C1CCC2C(=O)Cn1ncc2ncccc21. The Labute approximate surface area is 190 Å². The molecule has 4 fully saturated rings. The highest BCUT2D eigenvalue weighted by Gasteiger charge is 2.58. The average molecular weight is 438 g/mol. The summed E-state index contributed by atoms with van der Waals surface area (Å²) in [4.78, 5) is 17.9. The molecule has 0 spiro atoms. The summed E-state index contributed by atoms with van der Waals surface area (Å²) in [7, 11) is 0. The van der Waals surface area contributed by atoms with Crippen molar-refractivity contribution >= 4 is 16.8 Å². The van der Waals surface area contributed by atoms with Gasteiger partial charge in [-0.25, -0.2) is 0 Å². The third-order valence-corrected chi connectivity index (χ3v) is 10.4. The predicted molar refractivity (Wildman–Crippen MR) is 123 cm³/mol. The molecule has 0 radical (unpaired) electrons. The van der Waals surface area contributed by atoms with Crippen LogP contribution < -0.4 is 0 Å². The molecule has 0 amide bonds. The summed E-state index contributed by atoms with van der Waals surface area (Å²) in [6, 6.07) is 3.92. The standard InChI is InChI=1S/C27H36FN3O/c1-27-11-10-20-19-6-4-17(14-28)13-18(19)5-7-21(20)22(27)8-9-23(27)26(32)16-31-25-3-2-12-29-24(25)15-30-31/h2-3,12,15,17-23H,4-11,13-14,16H2,1H3. The molecule has 4 nitrogen and oxygen atoms in total. The molecule has 4 saturated carbocycles. The van der Waals surface area contributed by atoms with E-state index >= 15 is 0 Å². The lowest BCUT2D eigenvalue weighted by atomic mass is 9.49. The largest absolute Gasteiger partial charge is 0.297 e. The Kier molecular flexibility index (Phi) is 5.15. The van der Waals surface area contributed by atoms with Gasteiger partial charge in [-0.1, -0.05) is 6.92 Å². The van der Waals surface area contributed by atoms with Gasteiger partial charge in [-0.2, -0.15) is 5.10 Å². The zero-order valence-corrected chi connectivity index (χ0v) is 19.3. The number of ketones is 1. The van der Waals surface area contributed by atoms with Crippen molar-refractivity contribution in [1.82, 2.24) is 14.8 Å². The minimum absolute atomic E-state index is 0.122. The molecule has 0 bridgehead atoms. The second-order valence-corrected chi connectivity index (χ2v) is 11.6. The second kappa shape index (κ2) is 7.92. The zero-order valence-electron chi connectivity index (χ0n) is 19.3. The van der Waals surface area contributed by atoms with E-state index in [0.29, 0.717) is 24.2 Å².